The number of rotatable bonds is 7. The molecule has 0 spiro atoms. The van der Waals surface area contributed by atoms with Crippen molar-refractivity contribution >= 4 is 24.0 Å². The Morgan fingerprint density at radius 1 is 1.38 bits per heavy atom. The summed E-state index contributed by atoms with van der Waals surface area (Å²) in [5, 5.41) is 20.5. The summed E-state index contributed by atoms with van der Waals surface area (Å²) in [5.41, 5.74) is 6.79. The van der Waals surface area contributed by atoms with Crippen LogP contribution in [0.5, 0.6) is 0 Å². The van der Waals surface area contributed by atoms with Crippen LogP contribution in [0.4, 0.5) is 5.95 Å². The summed E-state index contributed by atoms with van der Waals surface area (Å²) in [5.74, 6) is -1.53. The van der Waals surface area contributed by atoms with Crippen molar-refractivity contribution in [3.05, 3.63) is 93.2 Å². The molecule has 0 saturated heterocycles. The van der Waals surface area contributed by atoms with Crippen LogP contribution in [0.3, 0.4) is 0 Å². The summed E-state index contributed by atoms with van der Waals surface area (Å²) in [6.45, 7) is 0.224. The van der Waals surface area contributed by atoms with Crippen LogP contribution in [0.25, 0.3) is 0 Å². The minimum absolute atomic E-state index is 0.0529. The van der Waals surface area contributed by atoms with Gasteiger partial charge in [-0.15, -0.1) is 0 Å². The molecule has 0 aliphatic carbocycles. The van der Waals surface area contributed by atoms with E-state index in [9.17, 15) is 14.4 Å². The Hall–Kier alpha value is -4.98. The van der Waals surface area contributed by atoms with Gasteiger partial charge in [0.25, 0.3) is 11.5 Å². The molecule has 1 atom stereocenters. The van der Waals surface area contributed by atoms with E-state index < -0.39 is 17.4 Å². The highest BCUT2D eigenvalue weighted by atomic mass is 16.4. The van der Waals surface area contributed by atoms with Gasteiger partial charge in [0.1, 0.15) is 11.6 Å². The van der Waals surface area contributed by atoms with Gasteiger partial charge in [0.05, 0.1) is 23.4 Å². The zero-order chi connectivity index (χ0) is 24.7. The molecule has 172 valence electrons. The number of H-pyrrole nitrogens is 1. The Kier molecular flexibility index (Phi) is 7.35. The number of carbonyl (C=O) groups is 2. The molecule has 0 fully saturated rings. The average Bonchev–Trinajstić information content (AvgIpc) is 2.83. The smallest absolute Gasteiger partial charge is 0.335 e. The first-order chi connectivity index (χ1) is 16.3. The lowest BCUT2D eigenvalue weighted by atomic mass is 10.00. The van der Waals surface area contributed by atoms with Crippen LogP contribution in [-0.2, 0) is 4.79 Å². The van der Waals surface area contributed by atoms with Crippen LogP contribution in [0.2, 0.25) is 0 Å². The standard InChI is InChI=1S/C23H21N7O4/c1-30-13-14(2-7-19(30)15-3-5-16(6-4-15)22(33)34)10-26-20(31)17(8-24)11-27-23-28-12-18(9-25)21(32)29-23/h2-8,11-13,19H,10,24H2,1H3,(H,26,31)(H,33,34)(H,28,29,32)/b17-8+,27-11+. The van der Waals surface area contributed by atoms with E-state index in [-0.39, 0.29) is 35.2 Å². The third kappa shape index (κ3) is 5.63. The van der Waals surface area contributed by atoms with Gasteiger partial charge in [0.2, 0.25) is 5.95 Å². The van der Waals surface area contributed by atoms with Crippen LogP contribution >= 0.6 is 0 Å². The van der Waals surface area contributed by atoms with Gasteiger partial charge in [-0.1, -0.05) is 24.3 Å². The molecule has 1 aliphatic rings. The first kappa shape index (κ1) is 23.7. The van der Waals surface area contributed by atoms with Crippen molar-refractivity contribution in [3.63, 3.8) is 0 Å². The van der Waals surface area contributed by atoms with E-state index in [2.05, 4.69) is 20.3 Å². The molecule has 1 aliphatic heterocycles. The number of aliphatic imine (C=N–C) groups is 1. The first-order valence-electron chi connectivity index (χ1n) is 10.00. The molecular weight excluding hydrogens is 438 g/mol. The first-order valence-corrected chi connectivity index (χ1v) is 10.00. The van der Waals surface area contributed by atoms with E-state index in [1.165, 1.54) is 0 Å². The van der Waals surface area contributed by atoms with Crippen molar-refractivity contribution in [1.29, 1.82) is 5.26 Å². The number of carbonyl (C=O) groups excluding carboxylic acids is 1. The van der Waals surface area contributed by atoms with Gasteiger partial charge < -0.3 is 21.1 Å². The van der Waals surface area contributed by atoms with Gasteiger partial charge in [-0.25, -0.2) is 14.8 Å². The molecule has 1 amide bonds. The lowest BCUT2D eigenvalue weighted by Gasteiger charge is -2.29. The van der Waals surface area contributed by atoms with Crippen molar-refractivity contribution in [3.8, 4) is 6.07 Å². The number of nitriles is 1. The van der Waals surface area contributed by atoms with E-state index in [0.717, 1.165) is 29.7 Å². The van der Waals surface area contributed by atoms with Crippen molar-refractivity contribution in [2.24, 2.45) is 10.7 Å². The summed E-state index contributed by atoms with van der Waals surface area (Å²) in [7, 11) is 1.88. The van der Waals surface area contributed by atoms with Gasteiger partial charge in [0, 0.05) is 32.2 Å². The predicted molar refractivity (Wildman–Crippen MR) is 124 cm³/mol. The van der Waals surface area contributed by atoms with E-state index in [1.807, 2.05) is 30.3 Å². The predicted octanol–water partition coefficient (Wildman–Crippen LogP) is 1.13. The van der Waals surface area contributed by atoms with Crippen LogP contribution < -0.4 is 16.6 Å². The maximum Gasteiger partial charge on any atom is 0.335 e. The summed E-state index contributed by atoms with van der Waals surface area (Å²) < 4.78 is 0. The van der Waals surface area contributed by atoms with Crippen LogP contribution in [0.15, 0.2) is 75.9 Å². The van der Waals surface area contributed by atoms with Gasteiger partial charge in [-0.2, -0.15) is 5.26 Å². The Bertz CT molecular complexity index is 1310. The maximum atomic E-state index is 12.5. The van der Waals surface area contributed by atoms with E-state index >= 15 is 0 Å². The van der Waals surface area contributed by atoms with Gasteiger partial charge >= 0.3 is 5.97 Å². The molecule has 1 unspecified atom stereocenters. The van der Waals surface area contributed by atoms with E-state index in [1.54, 1.807) is 30.3 Å². The van der Waals surface area contributed by atoms with Crippen LogP contribution in [-0.4, -0.2) is 51.7 Å². The van der Waals surface area contributed by atoms with Crippen molar-refractivity contribution in [2.45, 2.75) is 6.04 Å². The molecule has 5 N–H and O–H groups in total. The third-order valence-electron chi connectivity index (χ3n) is 4.93. The highest BCUT2D eigenvalue weighted by molar-refractivity contribution is 6.12. The number of nitrogens with two attached hydrogens (primary N) is 1. The summed E-state index contributed by atoms with van der Waals surface area (Å²) >= 11 is 0. The molecule has 0 bridgehead atoms. The molecule has 11 heteroatoms. The van der Waals surface area contributed by atoms with Crippen LogP contribution in [0.1, 0.15) is 27.5 Å². The molecule has 0 saturated carbocycles. The second-order valence-electron chi connectivity index (χ2n) is 7.22. The number of aromatic amines is 1. The van der Waals surface area contributed by atoms with Crippen molar-refractivity contribution in [2.75, 3.05) is 13.6 Å². The Morgan fingerprint density at radius 2 is 2.12 bits per heavy atom. The Morgan fingerprint density at radius 3 is 2.71 bits per heavy atom. The van der Waals surface area contributed by atoms with Gasteiger partial charge in [-0.05, 0) is 23.3 Å². The number of hydrogen-bond donors (Lipinski definition) is 4. The molecule has 34 heavy (non-hydrogen) atoms. The molecule has 2 heterocycles. The fourth-order valence-electron chi connectivity index (χ4n) is 3.13. The molecule has 1 aromatic carbocycles. The Balaban J connectivity index is 1.59. The van der Waals surface area contributed by atoms with E-state index in [0.29, 0.717) is 0 Å². The zero-order valence-electron chi connectivity index (χ0n) is 18.1. The quantitative estimate of drug-likeness (QED) is 0.351. The number of hydrogen-bond acceptors (Lipinski definition) is 8. The minimum atomic E-state index is -0.977. The summed E-state index contributed by atoms with van der Waals surface area (Å²) in [4.78, 5) is 47.1. The molecule has 2 aromatic rings. The normalized spacial score (nSPS) is 15.6. The molecule has 0 radical (unpaired) electrons. The zero-order valence-corrected chi connectivity index (χ0v) is 18.1. The highest BCUT2D eigenvalue weighted by Gasteiger charge is 2.17. The van der Waals surface area contributed by atoms with E-state index in [4.69, 9.17) is 16.1 Å². The topological polar surface area (TPSA) is 178 Å². The number of aromatic nitrogens is 2. The number of nitrogens with zero attached hydrogens (tertiary/aromatic N) is 4. The Labute approximate surface area is 194 Å². The van der Waals surface area contributed by atoms with Gasteiger partial charge in [-0.3, -0.25) is 14.6 Å². The summed E-state index contributed by atoms with van der Waals surface area (Å²) in [6, 6.07) is 8.28. The van der Waals surface area contributed by atoms with Crippen molar-refractivity contribution < 1.29 is 14.7 Å². The molecule has 3 rings (SSSR count). The summed E-state index contributed by atoms with van der Waals surface area (Å²) in [6.07, 6.45) is 9.03. The lowest BCUT2D eigenvalue weighted by Crippen LogP contribution is -2.30. The number of benzene rings is 1. The average molecular weight is 459 g/mol. The van der Waals surface area contributed by atoms with Gasteiger partial charge in [0.15, 0.2) is 0 Å². The van der Waals surface area contributed by atoms with Crippen LogP contribution in [0, 0.1) is 11.3 Å². The highest BCUT2D eigenvalue weighted by Crippen LogP contribution is 2.26. The minimum Gasteiger partial charge on any atom is -0.478 e. The number of aromatic carboxylic acids is 1. The third-order valence-corrected chi connectivity index (χ3v) is 4.93. The van der Waals surface area contributed by atoms with Crippen molar-refractivity contribution in [1.82, 2.24) is 20.2 Å². The molecule has 11 nitrogen and oxygen atoms in total. The monoisotopic (exact) mass is 459 g/mol. The molecule has 1 aromatic heterocycles. The number of carboxylic acids is 1. The fourth-order valence-corrected chi connectivity index (χ4v) is 3.13. The number of likely N-dealkylation sites (N-methyl/N-ethyl adjacent to an activating group) is 1. The molecular formula is C23H21N7O4. The lowest BCUT2D eigenvalue weighted by molar-refractivity contribution is -0.116. The largest absolute Gasteiger partial charge is 0.478 e. The number of amides is 1. The maximum absolute atomic E-state index is 12.5. The number of nitrogens with one attached hydrogen (secondary N) is 2. The second kappa shape index (κ2) is 10.6. The number of carboxylic acid groups (broad SMARTS) is 1. The fraction of sp³-hybridized carbons (Fsp3) is 0.130. The SMILES string of the molecule is CN1C=C(CNC(=O)C(/C=N/c2ncc(C#N)c(=O)[nH]2)=C/N)C=CC1c1ccc(C(=O)O)cc1. The second-order valence-corrected chi connectivity index (χ2v) is 7.22.